The molecule has 1 saturated heterocycles. The van der Waals surface area contributed by atoms with E-state index in [1.54, 1.807) is 6.20 Å². The summed E-state index contributed by atoms with van der Waals surface area (Å²) in [5, 5.41) is 12.7. The van der Waals surface area contributed by atoms with Crippen LogP contribution in [0, 0.1) is 18.3 Å². The Kier molecular flexibility index (Phi) is 4.16. The minimum atomic E-state index is 0.512. The zero-order valence-corrected chi connectivity index (χ0v) is 11.1. The second kappa shape index (κ2) is 5.83. The number of hydrogen-bond donors (Lipinski definition) is 1. The van der Waals surface area contributed by atoms with Crippen LogP contribution in [0.4, 0.5) is 5.82 Å². The summed E-state index contributed by atoms with van der Waals surface area (Å²) in [4.78, 5) is 6.44. The van der Waals surface area contributed by atoms with Crippen molar-refractivity contribution in [3.05, 3.63) is 23.4 Å². The molecular weight excluding hydrogens is 224 g/mol. The van der Waals surface area contributed by atoms with E-state index in [1.165, 1.54) is 19.3 Å². The molecule has 18 heavy (non-hydrogen) atoms. The second-order valence-electron chi connectivity index (χ2n) is 4.97. The van der Waals surface area contributed by atoms with E-state index in [0.717, 1.165) is 24.5 Å². The molecule has 0 amide bonds. The molecular formula is C14H20N4. The van der Waals surface area contributed by atoms with Gasteiger partial charge in [-0.05, 0) is 37.9 Å². The van der Waals surface area contributed by atoms with Crippen molar-refractivity contribution in [1.82, 2.24) is 10.3 Å². The van der Waals surface area contributed by atoms with E-state index in [0.29, 0.717) is 11.6 Å². The minimum Gasteiger partial charge on any atom is -0.357 e. The summed E-state index contributed by atoms with van der Waals surface area (Å²) in [6.45, 7) is 3.96. The maximum Gasteiger partial charge on any atom is 0.146 e. The maximum absolute atomic E-state index is 9.22. The number of aromatic nitrogens is 1. The first-order chi connectivity index (χ1) is 8.72. The number of likely N-dealkylation sites (N-methyl/N-ethyl adjacent to an activating group) is 1. The lowest BCUT2D eigenvalue weighted by Gasteiger charge is -2.29. The molecule has 1 fully saturated rings. The number of rotatable bonds is 3. The number of nitrogens with zero attached hydrogens (tertiary/aromatic N) is 3. The molecule has 96 valence electrons. The van der Waals surface area contributed by atoms with Gasteiger partial charge in [-0.15, -0.1) is 0 Å². The summed E-state index contributed by atoms with van der Waals surface area (Å²) < 4.78 is 0. The molecule has 0 aliphatic carbocycles. The Bertz CT molecular complexity index is 444. The molecule has 0 saturated carbocycles. The van der Waals surface area contributed by atoms with Gasteiger partial charge < -0.3 is 10.2 Å². The molecule has 0 spiro atoms. The summed E-state index contributed by atoms with van der Waals surface area (Å²) in [6, 6.07) is 4.65. The van der Waals surface area contributed by atoms with Gasteiger partial charge in [0, 0.05) is 25.8 Å². The quantitative estimate of drug-likeness (QED) is 0.881. The molecule has 1 N–H and O–H groups in total. The normalized spacial score (nSPS) is 19.3. The lowest BCUT2D eigenvalue weighted by atomic mass is 10.0. The predicted octanol–water partition coefficient (Wildman–Crippen LogP) is 1.84. The van der Waals surface area contributed by atoms with Gasteiger partial charge in [-0.1, -0.05) is 6.42 Å². The molecule has 1 aliphatic heterocycles. The molecule has 2 heterocycles. The number of pyridine rings is 1. The molecule has 4 heteroatoms. The Morgan fingerprint density at radius 3 is 3.06 bits per heavy atom. The smallest absolute Gasteiger partial charge is 0.146 e. The van der Waals surface area contributed by atoms with Crippen LogP contribution in [0.2, 0.25) is 0 Å². The van der Waals surface area contributed by atoms with Crippen molar-refractivity contribution in [3.63, 3.8) is 0 Å². The molecule has 0 bridgehead atoms. The van der Waals surface area contributed by atoms with Crippen molar-refractivity contribution in [2.75, 3.05) is 25.0 Å². The van der Waals surface area contributed by atoms with Gasteiger partial charge in [-0.3, -0.25) is 0 Å². The summed E-state index contributed by atoms with van der Waals surface area (Å²) in [5.41, 5.74) is 1.68. The van der Waals surface area contributed by atoms with Crippen LogP contribution in [0.1, 0.15) is 30.4 Å². The van der Waals surface area contributed by atoms with E-state index in [-0.39, 0.29) is 0 Å². The first-order valence-corrected chi connectivity index (χ1v) is 6.52. The third kappa shape index (κ3) is 2.80. The van der Waals surface area contributed by atoms with E-state index in [1.807, 2.05) is 20.0 Å². The van der Waals surface area contributed by atoms with Crippen molar-refractivity contribution in [2.45, 2.75) is 32.2 Å². The third-order valence-electron chi connectivity index (χ3n) is 3.52. The van der Waals surface area contributed by atoms with Gasteiger partial charge in [0.15, 0.2) is 0 Å². The van der Waals surface area contributed by atoms with Crippen LogP contribution in [0.3, 0.4) is 0 Å². The van der Waals surface area contributed by atoms with Crippen molar-refractivity contribution >= 4 is 5.82 Å². The van der Waals surface area contributed by atoms with Gasteiger partial charge in [-0.2, -0.15) is 5.26 Å². The summed E-state index contributed by atoms with van der Waals surface area (Å²) in [5.74, 6) is 0.796. The standard InChI is InChI=1S/C14H20N4/c1-11-6-8-17-14(13(11)9-15)18(2)10-12-5-3-4-7-16-12/h6,8,12,16H,3-5,7,10H2,1-2H3. The van der Waals surface area contributed by atoms with Gasteiger partial charge >= 0.3 is 0 Å². The highest BCUT2D eigenvalue weighted by Crippen LogP contribution is 2.20. The van der Waals surface area contributed by atoms with E-state index < -0.39 is 0 Å². The Hall–Kier alpha value is -1.60. The van der Waals surface area contributed by atoms with Gasteiger partial charge in [0.05, 0.1) is 5.56 Å². The van der Waals surface area contributed by atoms with Crippen molar-refractivity contribution < 1.29 is 0 Å². The van der Waals surface area contributed by atoms with Crippen molar-refractivity contribution in [2.24, 2.45) is 0 Å². The van der Waals surface area contributed by atoms with Gasteiger partial charge in [-0.25, -0.2) is 4.98 Å². The van der Waals surface area contributed by atoms with E-state index in [9.17, 15) is 5.26 Å². The largest absolute Gasteiger partial charge is 0.357 e. The van der Waals surface area contributed by atoms with Crippen molar-refractivity contribution in [1.29, 1.82) is 5.26 Å². The average molecular weight is 244 g/mol. The second-order valence-corrected chi connectivity index (χ2v) is 4.97. The molecule has 2 rings (SSSR count). The highest BCUT2D eigenvalue weighted by atomic mass is 15.2. The predicted molar refractivity (Wildman–Crippen MR) is 72.6 cm³/mol. The zero-order valence-electron chi connectivity index (χ0n) is 11.1. The fourth-order valence-corrected chi connectivity index (χ4v) is 2.47. The summed E-state index contributed by atoms with van der Waals surface area (Å²) in [6.07, 6.45) is 5.54. The number of piperidine rings is 1. The molecule has 1 atom stereocenters. The van der Waals surface area contributed by atoms with Gasteiger partial charge in [0.1, 0.15) is 11.9 Å². The molecule has 1 aliphatic rings. The van der Waals surface area contributed by atoms with Crippen LogP contribution in [0.25, 0.3) is 0 Å². The molecule has 0 radical (unpaired) electrons. The summed E-state index contributed by atoms with van der Waals surface area (Å²) in [7, 11) is 2.01. The highest BCUT2D eigenvalue weighted by Gasteiger charge is 2.17. The topological polar surface area (TPSA) is 52.0 Å². The average Bonchev–Trinajstić information content (AvgIpc) is 2.39. The van der Waals surface area contributed by atoms with Crippen LogP contribution in [-0.2, 0) is 0 Å². The maximum atomic E-state index is 9.22. The number of anilines is 1. The first kappa shape index (κ1) is 12.8. The fourth-order valence-electron chi connectivity index (χ4n) is 2.47. The van der Waals surface area contributed by atoms with Crippen LogP contribution >= 0.6 is 0 Å². The number of nitriles is 1. The Morgan fingerprint density at radius 2 is 2.39 bits per heavy atom. The Morgan fingerprint density at radius 1 is 1.56 bits per heavy atom. The Labute approximate surface area is 109 Å². The SMILES string of the molecule is Cc1ccnc(N(C)CC2CCCCN2)c1C#N. The third-order valence-corrected chi connectivity index (χ3v) is 3.52. The molecule has 1 aromatic rings. The minimum absolute atomic E-state index is 0.512. The van der Waals surface area contributed by atoms with E-state index in [4.69, 9.17) is 0 Å². The van der Waals surface area contributed by atoms with Crippen molar-refractivity contribution in [3.8, 4) is 6.07 Å². The van der Waals surface area contributed by atoms with E-state index >= 15 is 0 Å². The van der Waals surface area contributed by atoms with Gasteiger partial charge in [0.25, 0.3) is 0 Å². The lowest BCUT2D eigenvalue weighted by Crippen LogP contribution is -2.42. The van der Waals surface area contributed by atoms with Gasteiger partial charge in [0.2, 0.25) is 0 Å². The Balaban J connectivity index is 2.11. The molecule has 1 aromatic heterocycles. The zero-order chi connectivity index (χ0) is 13.0. The van der Waals surface area contributed by atoms with E-state index in [2.05, 4.69) is 21.3 Å². The van der Waals surface area contributed by atoms with Crippen LogP contribution < -0.4 is 10.2 Å². The molecule has 1 unspecified atom stereocenters. The summed E-state index contributed by atoms with van der Waals surface area (Å²) >= 11 is 0. The van der Waals surface area contributed by atoms with Crippen LogP contribution in [0.15, 0.2) is 12.3 Å². The fraction of sp³-hybridized carbons (Fsp3) is 0.571. The number of aryl methyl sites for hydroxylation is 1. The van der Waals surface area contributed by atoms with Crippen LogP contribution in [-0.4, -0.2) is 31.2 Å². The first-order valence-electron chi connectivity index (χ1n) is 6.52. The van der Waals surface area contributed by atoms with Crippen LogP contribution in [0.5, 0.6) is 0 Å². The number of hydrogen-bond acceptors (Lipinski definition) is 4. The molecule has 4 nitrogen and oxygen atoms in total. The monoisotopic (exact) mass is 244 g/mol. The number of nitrogens with one attached hydrogen (secondary N) is 1. The highest BCUT2D eigenvalue weighted by molar-refractivity contribution is 5.56. The lowest BCUT2D eigenvalue weighted by molar-refractivity contribution is 0.403. The molecule has 0 aromatic carbocycles.